The van der Waals surface area contributed by atoms with Crippen molar-refractivity contribution in [1.29, 1.82) is 0 Å². The van der Waals surface area contributed by atoms with Crippen LogP contribution in [0.25, 0.3) is 0 Å². The van der Waals surface area contributed by atoms with Gasteiger partial charge >= 0.3 is 6.36 Å². The Hall–Kier alpha value is -2.08. The minimum absolute atomic E-state index is 0.0594. The number of carbonyl (C=O) groups excluding carboxylic acids is 1. The van der Waals surface area contributed by atoms with Crippen LogP contribution in [0.1, 0.15) is 32.6 Å². The molecule has 5 aliphatic rings. The number of alkyl halides is 3. The number of benzene rings is 1. The monoisotopic (exact) mass is 455 g/mol. The van der Waals surface area contributed by atoms with Gasteiger partial charge in [-0.2, -0.15) is 0 Å². The number of hydrazine groups is 1. The van der Waals surface area contributed by atoms with Gasteiger partial charge in [-0.25, -0.2) is 5.01 Å². The molecule has 6 rings (SSSR count). The largest absolute Gasteiger partial charge is 0.573 e. The minimum Gasteiger partial charge on any atom is -0.484 e. The maximum Gasteiger partial charge on any atom is 0.573 e. The van der Waals surface area contributed by atoms with Crippen LogP contribution in [0, 0.1) is 0 Å². The number of hydrogen-bond donors (Lipinski definition) is 4. The van der Waals surface area contributed by atoms with Crippen molar-refractivity contribution in [3.63, 3.8) is 0 Å². The number of carbonyl (C=O) groups is 1. The lowest BCUT2D eigenvalue weighted by atomic mass is 9.44. The highest BCUT2D eigenvalue weighted by Crippen LogP contribution is 2.60. The second kappa shape index (κ2) is 7.75. The van der Waals surface area contributed by atoms with Gasteiger partial charge in [-0.05, 0) is 44.7 Å². The molecule has 1 aromatic carbocycles. The fourth-order valence-electron chi connectivity index (χ4n) is 5.74. The number of hydrogen-bond acceptors (Lipinski definition) is 7. The van der Waals surface area contributed by atoms with Crippen LogP contribution in [-0.2, 0) is 4.79 Å². The van der Waals surface area contributed by atoms with Crippen LogP contribution in [-0.4, -0.2) is 66.3 Å². The summed E-state index contributed by atoms with van der Waals surface area (Å²) in [6.07, 6.45) is -0.848. The zero-order valence-electron chi connectivity index (χ0n) is 17.8. The molecule has 0 aromatic heterocycles. The van der Waals surface area contributed by atoms with Crippen molar-refractivity contribution in [2.24, 2.45) is 0 Å². The highest BCUT2D eigenvalue weighted by molar-refractivity contribution is 5.79. The molecule has 2 saturated heterocycles. The highest BCUT2D eigenvalue weighted by atomic mass is 19.4. The van der Waals surface area contributed by atoms with Gasteiger partial charge in [0.2, 0.25) is 0 Å². The Morgan fingerprint density at radius 3 is 2.75 bits per heavy atom. The molecule has 3 atom stereocenters. The van der Waals surface area contributed by atoms with E-state index >= 15 is 0 Å². The van der Waals surface area contributed by atoms with Crippen molar-refractivity contribution in [2.75, 3.05) is 19.7 Å². The first kappa shape index (κ1) is 21.7. The van der Waals surface area contributed by atoms with Crippen molar-refractivity contribution < 1.29 is 27.4 Å². The molecule has 176 valence electrons. The number of piperazine rings is 1. The molecule has 32 heavy (non-hydrogen) atoms. The minimum atomic E-state index is -4.78. The van der Waals surface area contributed by atoms with Crippen molar-refractivity contribution >= 4 is 5.91 Å². The summed E-state index contributed by atoms with van der Waals surface area (Å²) in [5, 5.41) is 12.7. The Morgan fingerprint density at radius 2 is 2.00 bits per heavy atom. The van der Waals surface area contributed by atoms with Crippen molar-refractivity contribution in [1.82, 2.24) is 26.4 Å². The SMILES string of the molecule is CC1CC2C(NC34CC(NC(=O)COc5cccc(OC(F)(F)F)c5)(C3)C4)NCCN2N1. The molecule has 11 heteroatoms. The third-order valence-corrected chi connectivity index (χ3v) is 6.79. The summed E-state index contributed by atoms with van der Waals surface area (Å²) < 4.78 is 46.3. The van der Waals surface area contributed by atoms with Gasteiger partial charge in [0.1, 0.15) is 11.5 Å². The lowest BCUT2D eigenvalue weighted by Gasteiger charge is -2.71. The molecule has 0 radical (unpaired) electrons. The maximum atomic E-state index is 12.3. The lowest BCUT2D eigenvalue weighted by molar-refractivity contribution is -0.274. The molecular formula is C21H28F3N5O3. The summed E-state index contributed by atoms with van der Waals surface area (Å²) in [6, 6.07) is 6.05. The molecule has 2 aliphatic heterocycles. The molecule has 2 bridgehead atoms. The van der Waals surface area contributed by atoms with Gasteiger partial charge in [-0.15, -0.1) is 13.2 Å². The summed E-state index contributed by atoms with van der Waals surface area (Å²) in [5.74, 6) is -0.522. The van der Waals surface area contributed by atoms with Gasteiger partial charge in [-0.3, -0.25) is 20.9 Å². The molecule has 1 aromatic rings. The van der Waals surface area contributed by atoms with E-state index in [4.69, 9.17) is 4.74 Å². The van der Waals surface area contributed by atoms with Gasteiger partial charge in [0.25, 0.3) is 5.91 Å². The van der Waals surface area contributed by atoms with Crippen LogP contribution < -0.4 is 30.8 Å². The zero-order valence-corrected chi connectivity index (χ0v) is 17.8. The molecule has 8 nitrogen and oxygen atoms in total. The number of rotatable bonds is 7. The van der Waals surface area contributed by atoms with Gasteiger partial charge in [0.05, 0.1) is 12.2 Å². The first-order valence-electron chi connectivity index (χ1n) is 11.0. The number of nitrogens with one attached hydrogen (secondary N) is 4. The summed E-state index contributed by atoms with van der Waals surface area (Å²) in [6.45, 7) is 3.86. The third kappa shape index (κ3) is 4.39. The van der Waals surface area contributed by atoms with Gasteiger partial charge < -0.3 is 14.8 Å². The lowest BCUT2D eigenvalue weighted by Crippen LogP contribution is -2.86. The van der Waals surface area contributed by atoms with Crippen LogP contribution >= 0.6 is 0 Å². The molecule has 0 spiro atoms. The van der Waals surface area contributed by atoms with Crippen LogP contribution in [0.2, 0.25) is 0 Å². The van der Waals surface area contributed by atoms with Gasteiger partial charge in [0.15, 0.2) is 6.61 Å². The normalized spacial score (nSPS) is 35.9. The van der Waals surface area contributed by atoms with Gasteiger partial charge in [-0.1, -0.05) is 6.07 Å². The topological polar surface area (TPSA) is 86.9 Å². The maximum absolute atomic E-state index is 12.3. The molecule has 3 aliphatic carbocycles. The average molecular weight is 455 g/mol. The van der Waals surface area contributed by atoms with Gasteiger partial charge in [0, 0.05) is 36.3 Å². The van der Waals surface area contributed by atoms with Crippen molar-refractivity contribution in [3.8, 4) is 11.5 Å². The van der Waals surface area contributed by atoms with E-state index in [1.54, 1.807) is 0 Å². The molecule has 1 amide bonds. The van der Waals surface area contributed by atoms with Crippen LogP contribution in [0.5, 0.6) is 11.5 Å². The Morgan fingerprint density at radius 1 is 1.25 bits per heavy atom. The van der Waals surface area contributed by atoms with E-state index in [-0.39, 0.29) is 41.3 Å². The summed E-state index contributed by atoms with van der Waals surface area (Å²) in [4.78, 5) is 12.3. The fourth-order valence-corrected chi connectivity index (χ4v) is 5.74. The van der Waals surface area contributed by atoms with Crippen molar-refractivity contribution in [3.05, 3.63) is 24.3 Å². The predicted molar refractivity (Wildman–Crippen MR) is 109 cm³/mol. The molecular weight excluding hydrogens is 427 g/mol. The summed E-state index contributed by atoms with van der Waals surface area (Å²) in [7, 11) is 0. The first-order chi connectivity index (χ1) is 15.1. The third-order valence-electron chi connectivity index (χ3n) is 6.79. The quantitative estimate of drug-likeness (QED) is 0.492. The molecule has 2 heterocycles. The Balaban J connectivity index is 1.07. The number of fused-ring (bicyclic) bond motifs is 1. The van der Waals surface area contributed by atoms with E-state index < -0.39 is 6.36 Å². The summed E-state index contributed by atoms with van der Waals surface area (Å²) >= 11 is 0. The second-order valence-electron chi connectivity index (χ2n) is 9.55. The molecule has 3 saturated carbocycles. The first-order valence-corrected chi connectivity index (χ1v) is 11.0. The van der Waals surface area contributed by atoms with E-state index in [1.165, 1.54) is 18.2 Å². The van der Waals surface area contributed by atoms with E-state index in [2.05, 4.69) is 38.0 Å². The standard InChI is InChI=1S/C21H28F3N5O3/c1-13-7-16-18(25-5-6-29(16)28-13)27-20-10-19(11-20,12-20)26-17(30)9-31-14-3-2-4-15(8-14)32-21(22,23)24/h2-4,8,13,16,18,25,27-28H,5-7,9-12H2,1H3,(H,26,30). The van der Waals surface area contributed by atoms with E-state index in [0.29, 0.717) is 12.1 Å². The Labute approximate surface area is 184 Å². The smallest absolute Gasteiger partial charge is 0.484 e. The highest BCUT2D eigenvalue weighted by Gasteiger charge is 2.69. The number of nitrogens with zero attached hydrogens (tertiary/aromatic N) is 1. The predicted octanol–water partition coefficient (Wildman–Crippen LogP) is 1.24. The van der Waals surface area contributed by atoms with E-state index in [0.717, 1.165) is 44.8 Å². The molecule has 5 fully saturated rings. The second-order valence-corrected chi connectivity index (χ2v) is 9.55. The van der Waals surface area contributed by atoms with E-state index in [1.807, 2.05) is 0 Å². The van der Waals surface area contributed by atoms with Crippen molar-refractivity contribution in [2.45, 2.75) is 68.3 Å². The average Bonchev–Trinajstić information content (AvgIpc) is 3.04. The molecule has 3 unspecified atom stereocenters. The Kier molecular flexibility index (Phi) is 5.27. The number of halogens is 3. The number of ether oxygens (including phenoxy) is 2. The van der Waals surface area contributed by atoms with E-state index in [9.17, 15) is 18.0 Å². The summed E-state index contributed by atoms with van der Waals surface area (Å²) in [5.41, 5.74) is 3.37. The number of amides is 1. The van der Waals surface area contributed by atoms with Crippen LogP contribution in [0.3, 0.4) is 0 Å². The zero-order chi connectivity index (χ0) is 22.6. The van der Waals surface area contributed by atoms with Crippen LogP contribution in [0.4, 0.5) is 13.2 Å². The fraction of sp³-hybridized carbons (Fsp3) is 0.667. The Bertz CT molecular complexity index is 863. The molecule has 4 N–H and O–H groups in total. The van der Waals surface area contributed by atoms with Crippen LogP contribution in [0.15, 0.2) is 24.3 Å².